The van der Waals surface area contributed by atoms with Gasteiger partial charge in [-0.05, 0) is 63.4 Å². The summed E-state index contributed by atoms with van der Waals surface area (Å²) in [6.45, 7) is 8.91. The number of nitrogens with zero attached hydrogens (tertiary/aromatic N) is 1. The second-order valence-electron chi connectivity index (χ2n) is 6.08. The van der Waals surface area contributed by atoms with Gasteiger partial charge >= 0.3 is 6.09 Å². The molecule has 1 atom stereocenters. The van der Waals surface area contributed by atoms with Crippen molar-refractivity contribution in [2.45, 2.75) is 52.7 Å². The van der Waals surface area contributed by atoms with E-state index in [0.717, 1.165) is 16.7 Å². The molecule has 0 aliphatic carbocycles. The predicted octanol–water partition coefficient (Wildman–Crippen LogP) is 2.66. The first-order valence-corrected chi connectivity index (χ1v) is 6.80. The van der Waals surface area contributed by atoms with Gasteiger partial charge in [0.05, 0.1) is 0 Å². The fraction of sp³-hybridized carbons (Fsp3) is 0.500. The first-order valence-electron chi connectivity index (χ1n) is 6.80. The van der Waals surface area contributed by atoms with Crippen molar-refractivity contribution >= 4 is 12.4 Å². The molecule has 1 aromatic rings. The second kappa shape index (κ2) is 6.61. The molecular formula is C16H22NO4. The molecular weight excluding hydrogens is 270 g/mol. The van der Waals surface area contributed by atoms with Crippen LogP contribution in [0.5, 0.6) is 5.75 Å². The Hall–Kier alpha value is -2.04. The highest BCUT2D eigenvalue weighted by molar-refractivity contribution is 5.73. The Morgan fingerprint density at radius 1 is 1.33 bits per heavy atom. The lowest BCUT2D eigenvalue weighted by atomic mass is 9.96. The van der Waals surface area contributed by atoms with Gasteiger partial charge in [0.25, 0.3) is 0 Å². The molecule has 1 rings (SSSR count). The molecule has 0 fully saturated rings. The van der Waals surface area contributed by atoms with Crippen molar-refractivity contribution in [1.29, 1.82) is 0 Å². The molecule has 1 N–H and O–H groups in total. The number of phenols is 1. The van der Waals surface area contributed by atoms with Crippen molar-refractivity contribution in [2.75, 3.05) is 0 Å². The quantitative estimate of drug-likeness (QED) is 0.865. The number of rotatable bonds is 4. The molecule has 115 valence electrons. The summed E-state index contributed by atoms with van der Waals surface area (Å²) in [4.78, 5) is 22.8. The molecule has 21 heavy (non-hydrogen) atoms. The monoisotopic (exact) mass is 292 g/mol. The van der Waals surface area contributed by atoms with Crippen LogP contribution in [0.3, 0.4) is 0 Å². The summed E-state index contributed by atoms with van der Waals surface area (Å²) in [7, 11) is 0. The second-order valence-corrected chi connectivity index (χ2v) is 6.08. The van der Waals surface area contributed by atoms with Crippen molar-refractivity contribution in [2.24, 2.45) is 0 Å². The molecule has 0 bridgehead atoms. The Morgan fingerprint density at radius 2 is 1.86 bits per heavy atom. The van der Waals surface area contributed by atoms with E-state index in [1.807, 2.05) is 13.8 Å². The molecule has 0 saturated heterocycles. The molecule has 0 unspecified atom stereocenters. The van der Waals surface area contributed by atoms with E-state index in [1.54, 1.807) is 32.9 Å². The number of amides is 1. The average Bonchev–Trinajstić information content (AvgIpc) is 2.29. The van der Waals surface area contributed by atoms with Gasteiger partial charge in [-0.25, -0.2) is 10.1 Å². The molecule has 0 aliphatic heterocycles. The van der Waals surface area contributed by atoms with Crippen LogP contribution in [0, 0.1) is 13.8 Å². The maximum absolute atomic E-state index is 11.7. The first kappa shape index (κ1) is 17.0. The van der Waals surface area contributed by atoms with Crippen LogP contribution in [-0.2, 0) is 16.0 Å². The zero-order valence-corrected chi connectivity index (χ0v) is 13.1. The minimum atomic E-state index is -0.790. The van der Waals surface area contributed by atoms with E-state index in [-0.39, 0.29) is 5.75 Å². The molecule has 0 aromatic heterocycles. The minimum Gasteiger partial charge on any atom is -0.508 e. The van der Waals surface area contributed by atoms with Gasteiger partial charge in [-0.1, -0.05) is 0 Å². The summed E-state index contributed by atoms with van der Waals surface area (Å²) < 4.78 is 5.08. The number of aryl methyl sites for hydroxylation is 2. The number of ether oxygens (including phenoxy) is 1. The molecule has 0 saturated carbocycles. The summed E-state index contributed by atoms with van der Waals surface area (Å²) in [5.74, 6) is 0.181. The van der Waals surface area contributed by atoms with Gasteiger partial charge in [-0.3, -0.25) is 0 Å². The number of phenolic OH excluding ortho intramolecular Hbond substituents is 1. The lowest BCUT2D eigenvalue weighted by molar-refractivity contribution is -0.109. The van der Waals surface area contributed by atoms with Crippen LogP contribution in [0.4, 0.5) is 4.79 Å². The van der Waals surface area contributed by atoms with E-state index in [1.165, 1.54) is 0 Å². The van der Waals surface area contributed by atoms with E-state index >= 15 is 0 Å². The van der Waals surface area contributed by atoms with E-state index in [0.29, 0.717) is 12.7 Å². The van der Waals surface area contributed by atoms with Gasteiger partial charge in [0.15, 0.2) is 0 Å². The normalized spacial score (nSPS) is 12.6. The highest BCUT2D eigenvalue weighted by atomic mass is 16.6. The number of benzene rings is 1. The summed E-state index contributed by atoms with van der Waals surface area (Å²) in [6, 6.07) is 2.46. The van der Waals surface area contributed by atoms with Crippen molar-refractivity contribution in [1.82, 2.24) is 5.32 Å². The Morgan fingerprint density at radius 3 is 2.29 bits per heavy atom. The topological polar surface area (TPSA) is 77.7 Å². The number of hydrogen-bond acceptors (Lipinski definition) is 4. The highest BCUT2D eigenvalue weighted by Crippen LogP contribution is 2.22. The summed E-state index contributed by atoms with van der Waals surface area (Å²) in [5.41, 5.74) is 1.98. The minimum absolute atomic E-state index is 0.181. The Labute approximate surface area is 125 Å². The molecule has 0 spiro atoms. The Kier molecular flexibility index (Phi) is 5.35. The molecule has 0 heterocycles. The molecule has 1 aromatic carbocycles. The van der Waals surface area contributed by atoms with Crippen LogP contribution < -0.4 is 5.32 Å². The largest absolute Gasteiger partial charge is 0.508 e. The number of aromatic hydroxyl groups is 1. The maximum atomic E-state index is 11.7. The fourth-order valence-electron chi connectivity index (χ4n) is 2.05. The van der Waals surface area contributed by atoms with Gasteiger partial charge in [0.1, 0.15) is 23.7 Å². The standard InChI is InChI=1S/C16H22NO4/c1-10-6-13(19)7-11(2)14(10)8-12(9-18)17-15(20)21-16(3,4)5/h6-7,9,12,19H,8H2,1-5H3/t12-/m1/s1. The molecule has 0 aliphatic rings. The summed E-state index contributed by atoms with van der Waals surface area (Å²) in [5, 5.41) is 13.3. The third-order valence-corrected chi connectivity index (χ3v) is 2.92. The zero-order chi connectivity index (χ0) is 16.2. The van der Waals surface area contributed by atoms with Crippen LogP contribution in [0.25, 0.3) is 0 Å². The molecule has 1 radical (unpaired) electrons. The zero-order valence-electron chi connectivity index (χ0n) is 13.1. The van der Waals surface area contributed by atoms with Gasteiger partial charge < -0.3 is 14.6 Å². The van der Waals surface area contributed by atoms with Crippen molar-refractivity contribution < 1.29 is 19.4 Å². The van der Waals surface area contributed by atoms with E-state index < -0.39 is 17.7 Å². The number of hydrogen-bond donors (Lipinski definition) is 1. The van der Waals surface area contributed by atoms with Crippen LogP contribution in [0.1, 0.15) is 37.5 Å². The predicted molar refractivity (Wildman–Crippen MR) is 79.5 cm³/mol. The lowest BCUT2D eigenvalue weighted by Crippen LogP contribution is -2.36. The van der Waals surface area contributed by atoms with Crippen molar-refractivity contribution in [3.05, 3.63) is 28.8 Å². The van der Waals surface area contributed by atoms with Crippen LogP contribution >= 0.6 is 0 Å². The number of aldehydes is 1. The molecule has 1 amide bonds. The van der Waals surface area contributed by atoms with Crippen molar-refractivity contribution in [3.8, 4) is 5.75 Å². The fourth-order valence-corrected chi connectivity index (χ4v) is 2.05. The van der Waals surface area contributed by atoms with Gasteiger partial charge in [-0.2, -0.15) is 0 Å². The van der Waals surface area contributed by atoms with Crippen molar-refractivity contribution in [3.63, 3.8) is 0 Å². The van der Waals surface area contributed by atoms with E-state index in [4.69, 9.17) is 4.74 Å². The summed E-state index contributed by atoms with van der Waals surface area (Å²) in [6.07, 6.45) is 0.199. The maximum Gasteiger partial charge on any atom is 0.430 e. The van der Waals surface area contributed by atoms with Crippen LogP contribution in [-0.4, -0.2) is 29.1 Å². The summed E-state index contributed by atoms with van der Waals surface area (Å²) >= 11 is 0. The number of carbonyl (C=O) groups is 2. The van der Waals surface area contributed by atoms with E-state index in [9.17, 15) is 14.7 Å². The van der Waals surface area contributed by atoms with E-state index in [2.05, 4.69) is 5.32 Å². The molecule has 5 heteroatoms. The van der Waals surface area contributed by atoms with Gasteiger partial charge in [-0.15, -0.1) is 0 Å². The third-order valence-electron chi connectivity index (χ3n) is 2.92. The number of carbonyl (C=O) groups excluding carboxylic acids is 2. The van der Waals surface area contributed by atoms with Crippen LogP contribution in [0.15, 0.2) is 12.1 Å². The Balaban J connectivity index is 2.80. The third kappa shape index (κ3) is 5.45. The van der Waals surface area contributed by atoms with Crippen LogP contribution in [0.2, 0.25) is 0 Å². The average molecular weight is 292 g/mol. The molecule has 5 nitrogen and oxygen atoms in total. The SMILES string of the molecule is Cc1cc(O)cc(C)c1C[C@H](C=O)[N]C(=O)OC(C)(C)C. The van der Waals surface area contributed by atoms with Gasteiger partial charge in [0, 0.05) is 6.42 Å². The lowest BCUT2D eigenvalue weighted by Gasteiger charge is -2.20. The smallest absolute Gasteiger partial charge is 0.430 e. The van der Waals surface area contributed by atoms with Gasteiger partial charge in [0.2, 0.25) is 0 Å². The highest BCUT2D eigenvalue weighted by Gasteiger charge is 2.22. The first-order chi connectivity index (χ1) is 9.62. The Bertz CT molecular complexity index is 509.